The standard InChI is InChI=1S/C19H17NO5/c1-23-17-7-4-12(9-18(17)24-2)3-6-15(21)13-5-8-16-14(10-13)20-19(22)11-25-16/h3-10H,11H2,1-2H3,(H,20,22). The molecule has 1 N–H and O–H groups in total. The van der Waals surface area contributed by atoms with E-state index >= 15 is 0 Å². The summed E-state index contributed by atoms with van der Waals surface area (Å²) in [7, 11) is 3.12. The number of ketones is 1. The average Bonchev–Trinajstić information content (AvgIpc) is 2.65. The quantitative estimate of drug-likeness (QED) is 0.670. The SMILES string of the molecule is COc1ccc(C=CC(=O)c2ccc3c(c2)NC(=O)CO3)cc1OC. The molecule has 0 bridgehead atoms. The van der Waals surface area contributed by atoms with E-state index in [0.717, 1.165) is 5.56 Å². The third-order valence-electron chi connectivity index (χ3n) is 3.73. The van der Waals surface area contributed by atoms with Crippen LogP contribution >= 0.6 is 0 Å². The third-order valence-corrected chi connectivity index (χ3v) is 3.73. The van der Waals surface area contributed by atoms with E-state index in [1.807, 2.05) is 6.07 Å². The molecule has 1 aliphatic heterocycles. The number of nitrogens with one attached hydrogen (secondary N) is 1. The Bertz CT molecular complexity index is 857. The van der Waals surface area contributed by atoms with Crippen LogP contribution in [0.1, 0.15) is 15.9 Å². The van der Waals surface area contributed by atoms with E-state index in [1.165, 1.54) is 6.08 Å². The summed E-state index contributed by atoms with van der Waals surface area (Å²) in [6.45, 7) is -0.0144. The summed E-state index contributed by atoms with van der Waals surface area (Å²) >= 11 is 0. The molecule has 0 fully saturated rings. The number of carbonyl (C=O) groups excluding carboxylic acids is 2. The molecule has 0 saturated heterocycles. The van der Waals surface area contributed by atoms with E-state index in [0.29, 0.717) is 28.5 Å². The van der Waals surface area contributed by atoms with Gasteiger partial charge in [-0.2, -0.15) is 0 Å². The Morgan fingerprint density at radius 2 is 1.92 bits per heavy atom. The highest BCUT2D eigenvalue weighted by atomic mass is 16.5. The van der Waals surface area contributed by atoms with Crippen molar-refractivity contribution in [3.8, 4) is 17.2 Å². The first-order chi connectivity index (χ1) is 12.1. The van der Waals surface area contributed by atoms with Crippen molar-refractivity contribution < 1.29 is 23.8 Å². The fourth-order valence-electron chi connectivity index (χ4n) is 2.46. The van der Waals surface area contributed by atoms with Gasteiger partial charge in [-0.15, -0.1) is 0 Å². The molecule has 6 heteroatoms. The van der Waals surface area contributed by atoms with Crippen LogP contribution in [0.4, 0.5) is 5.69 Å². The minimum atomic E-state index is -0.238. The summed E-state index contributed by atoms with van der Waals surface area (Å²) in [5.41, 5.74) is 1.77. The van der Waals surface area contributed by atoms with Crippen LogP contribution in [0.2, 0.25) is 0 Å². The number of fused-ring (bicyclic) bond motifs is 1. The van der Waals surface area contributed by atoms with E-state index in [9.17, 15) is 9.59 Å². The number of ether oxygens (including phenoxy) is 3. The fourth-order valence-corrected chi connectivity index (χ4v) is 2.46. The maximum Gasteiger partial charge on any atom is 0.262 e. The number of carbonyl (C=O) groups is 2. The normalized spacial score (nSPS) is 13.0. The van der Waals surface area contributed by atoms with Crippen LogP contribution in [0, 0.1) is 0 Å². The molecule has 1 amide bonds. The number of allylic oxidation sites excluding steroid dienone is 1. The monoisotopic (exact) mass is 339 g/mol. The van der Waals surface area contributed by atoms with Crippen LogP contribution in [0.5, 0.6) is 17.2 Å². The van der Waals surface area contributed by atoms with Crippen LogP contribution < -0.4 is 19.5 Å². The van der Waals surface area contributed by atoms with Gasteiger partial charge in [0.2, 0.25) is 0 Å². The molecule has 3 rings (SSSR count). The zero-order valence-electron chi connectivity index (χ0n) is 13.9. The van der Waals surface area contributed by atoms with Gasteiger partial charge in [-0.25, -0.2) is 0 Å². The zero-order valence-corrected chi connectivity index (χ0v) is 13.9. The van der Waals surface area contributed by atoms with Crippen LogP contribution in [-0.4, -0.2) is 32.5 Å². The third kappa shape index (κ3) is 3.63. The van der Waals surface area contributed by atoms with Crippen LogP contribution in [0.3, 0.4) is 0 Å². The second-order valence-corrected chi connectivity index (χ2v) is 5.36. The molecule has 1 heterocycles. The largest absolute Gasteiger partial charge is 0.493 e. The summed E-state index contributed by atoms with van der Waals surface area (Å²) in [5.74, 6) is 1.34. The Labute approximate surface area is 145 Å². The van der Waals surface area contributed by atoms with Crippen molar-refractivity contribution in [1.29, 1.82) is 0 Å². The topological polar surface area (TPSA) is 73.9 Å². The molecule has 0 aliphatic carbocycles. The molecule has 0 atom stereocenters. The second-order valence-electron chi connectivity index (χ2n) is 5.36. The lowest BCUT2D eigenvalue weighted by molar-refractivity contribution is -0.118. The highest BCUT2D eigenvalue weighted by Gasteiger charge is 2.17. The molecular weight excluding hydrogens is 322 g/mol. The average molecular weight is 339 g/mol. The Kier molecular flexibility index (Phi) is 4.70. The molecule has 0 radical (unpaired) electrons. The summed E-state index contributed by atoms with van der Waals surface area (Å²) < 4.78 is 15.7. The van der Waals surface area contributed by atoms with E-state index in [4.69, 9.17) is 14.2 Å². The Hall–Kier alpha value is -3.28. The molecule has 25 heavy (non-hydrogen) atoms. The van der Waals surface area contributed by atoms with Crippen LogP contribution in [0.15, 0.2) is 42.5 Å². The summed E-state index contributed by atoms with van der Waals surface area (Å²) in [4.78, 5) is 23.7. The van der Waals surface area contributed by atoms with Crippen molar-refractivity contribution in [2.75, 3.05) is 26.1 Å². The van der Waals surface area contributed by atoms with Crippen LogP contribution in [0.25, 0.3) is 6.08 Å². The summed E-state index contributed by atoms with van der Waals surface area (Å²) in [5, 5.41) is 2.69. The lowest BCUT2D eigenvalue weighted by Crippen LogP contribution is -2.25. The number of hydrogen-bond donors (Lipinski definition) is 1. The van der Waals surface area contributed by atoms with E-state index in [1.54, 1.807) is 50.6 Å². The molecule has 0 saturated carbocycles. The van der Waals surface area contributed by atoms with Gasteiger partial charge < -0.3 is 19.5 Å². The van der Waals surface area contributed by atoms with Crippen LogP contribution in [-0.2, 0) is 4.79 Å². The van der Waals surface area contributed by atoms with Gasteiger partial charge in [-0.1, -0.05) is 12.1 Å². The number of rotatable bonds is 5. The molecule has 0 aromatic heterocycles. The maximum absolute atomic E-state index is 12.4. The Balaban J connectivity index is 1.79. The van der Waals surface area contributed by atoms with Gasteiger partial charge in [0.15, 0.2) is 23.9 Å². The highest BCUT2D eigenvalue weighted by molar-refractivity contribution is 6.08. The Morgan fingerprint density at radius 3 is 2.68 bits per heavy atom. The number of hydrogen-bond acceptors (Lipinski definition) is 5. The van der Waals surface area contributed by atoms with E-state index in [-0.39, 0.29) is 18.3 Å². The lowest BCUT2D eigenvalue weighted by Gasteiger charge is -2.17. The predicted octanol–water partition coefficient (Wildman–Crippen LogP) is 2.93. The minimum Gasteiger partial charge on any atom is -0.493 e. The lowest BCUT2D eigenvalue weighted by atomic mass is 10.1. The second kappa shape index (κ2) is 7.09. The number of anilines is 1. The molecule has 128 valence electrons. The van der Waals surface area contributed by atoms with Gasteiger partial charge in [0.1, 0.15) is 5.75 Å². The van der Waals surface area contributed by atoms with Gasteiger partial charge in [-0.05, 0) is 42.0 Å². The molecule has 2 aromatic rings. The van der Waals surface area contributed by atoms with Crippen molar-refractivity contribution in [3.05, 3.63) is 53.6 Å². The minimum absolute atomic E-state index is 0.0144. The fraction of sp³-hybridized carbons (Fsp3) is 0.158. The first-order valence-corrected chi connectivity index (χ1v) is 7.62. The van der Waals surface area contributed by atoms with Crippen molar-refractivity contribution in [1.82, 2.24) is 0 Å². The summed E-state index contributed by atoms with van der Waals surface area (Å²) in [6.07, 6.45) is 3.16. The Morgan fingerprint density at radius 1 is 1.12 bits per heavy atom. The molecule has 2 aromatic carbocycles. The number of amides is 1. The molecule has 6 nitrogen and oxygen atoms in total. The van der Waals surface area contributed by atoms with E-state index < -0.39 is 0 Å². The molecule has 0 unspecified atom stereocenters. The summed E-state index contributed by atoms with van der Waals surface area (Å²) in [6, 6.07) is 10.3. The van der Waals surface area contributed by atoms with Crippen molar-refractivity contribution in [2.45, 2.75) is 0 Å². The van der Waals surface area contributed by atoms with Gasteiger partial charge >= 0.3 is 0 Å². The first kappa shape index (κ1) is 16.6. The first-order valence-electron chi connectivity index (χ1n) is 7.62. The van der Waals surface area contributed by atoms with Crippen molar-refractivity contribution >= 4 is 23.5 Å². The highest BCUT2D eigenvalue weighted by Crippen LogP contribution is 2.29. The van der Waals surface area contributed by atoms with Gasteiger partial charge in [0, 0.05) is 5.56 Å². The van der Waals surface area contributed by atoms with Crippen molar-refractivity contribution in [3.63, 3.8) is 0 Å². The van der Waals surface area contributed by atoms with Gasteiger partial charge in [0.05, 0.1) is 19.9 Å². The number of methoxy groups -OCH3 is 2. The smallest absolute Gasteiger partial charge is 0.262 e. The molecular formula is C19H17NO5. The molecule has 0 spiro atoms. The van der Waals surface area contributed by atoms with Gasteiger partial charge in [-0.3, -0.25) is 9.59 Å². The molecule has 1 aliphatic rings. The van der Waals surface area contributed by atoms with E-state index in [2.05, 4.69) is 5.32 Å². The predicted molar refractivity (Wildman–Crippen MR) is 93.5 cm³/mol. The van der Waals surface area contributed by atoms with Gasteiger partial charge in [0.25, 0.3) is 5.91 Å². The zero-order chi connectivity index (χ0) is 17.8. The number of benzene rings is 2. The maximum atomic E-state index is 12.4. The van der Waals surface area contributed by atoms with Crippen molar-refractivity contribution in [2.24, 2.45) is 0 Å².